The average molecular weight is 557 g/mol. The average Bonchev–Trinajstić information content (AvgIpc) is 3.32. The minimum absolute atomic E-state index is 0.208. The first-order valence-corrected chi connectivity index (χ1v) is 12.1. The maximum atomic E-state index is 12.2. The molecule has 3 rings (SSSR count). The Morgan fingerprint density at radius 3 is 2.24 bits per heavy atom. The first-order chi connectivity index (χ1) is 18.2. The number of alkyl halides is 3. The predicted molar refractivity (Wildman–Crippen MR) is 139 cm³/mol. The topological polar surface area (TPSA) is 104 Å². The second-order valence-corrected chi connectivity index (χ2v) is 8.01. The van der Waals surface area contributed by atoms with Crippen LogP contribution in [0.2, 0.25) is 0 Å². The van der Waals surface area contributed by atoms with Gasteiger partial charge in [-0.3, -0.25) is 9.79 Å². The number of carbonyl (C=O) groups is 2. The zero-order valence-corrected chi connectivity index (χ0v) is 22.3. The van der Waals surface area contributed by atoms with Crippen molar-refractivity contribution in [2.75, 3.05) is 41.5 Å². The number of benzene rings is 1. The number of nitrogens with one attached hydrogen (secondary N) is 1. The molecular formula is C25H31F3N4O5S. The molecule has 9 nitrogen and oxygen atoms in total. The number of pyridine rings is 1. The largest absolute Gasteiger partial charge is 0.573 e. The van der Waals surface area contributed by atoms with Crippen LogP contribution in [0.25, 0.3) is 11.3 Å². The van der Waals surface area contributed by atoms with Gasteiger partial charge in [-0.05, 0) is 62.0 Å². The van der Waals surface area contributed by atoms with Gasteiger partial charge in [-0.25, -0.2) is 4.98 Å². The molecule has 0 fully saturated rings. The smallest absolute Gasteiger partial charge is 0.495 e. The van der Waals surface area contributed by atoms with Gasteiger partial charge in [-0.2, -0.15) is 0 Å². The number of halogens is 3. The zero-order valence-electron chi connectivity index (χ0n) is 21.5. The van der Waals surface area contributed by atoms with Gasteiger partial charge in [0.05, 0.1) is 19.0 Å². The van der Waals surface area contributed by atoms with Crippen LogP contribution in [-0.4, -0.2) is 70.0 Å². The Labute approximate surface area is 222 Å². The first-order valence-electron chi connectivity index (χ1n) is 11.2. The van der Waals surface area contributed by atoms with Crippen LogP contribution in [0.3, 0.4) is 0 Å². The van der Waals surface area contributed by atoms with Gasteiger partial charge in [0.15, 0.2) is 11.1 Å². The van der Waals surface area contributed by atoms with E-state index in [9.17, 15) is 22.8 Å². The van der Waals surface area contributed by atoms with Gasteiger partial charge in [-0.1, -0.05) is 0 Å². The van der Waals surface area contributed by atoms with E-state index in [-0.39, 0.29) is 12.4 Å². The summed E-state index contributed by atoms with van der Waals surface area (Å²) in [6.45, 7) is 1.87. The highest BCUT2D eigenvalue weighted by atomic mass is 32.1. The standard InChI is InChI=1S/C15H18F3N3OS.C7H7NO2.C3H6O2/c1-19-8-3-9-21-13(10-23-14(21)20-2)11-4-6-12(7-5-11)22-15(16,17)18;1-10-7-3-2-6(5-9)8-4-7;1-5-3-2-4/h4-7,10,19H,3,8-9H2,1-2H3;2-5H,1H3;2H,3H2,1H3. The molecule has 13 heteroatoms. The van der Waals surface area contributed by atoms with Gasteiger partial charge < -0.3 is 28.9 Å². The lowest BCUT2D eigenvalue weighted by atomic mass is 10.1. The summed E-state index contributed by atoms with van der Waals surface area (Å²) >= 11 is 1.51. The van der Waals surface area contributed by atoms with Crippen LogP contribution in [-0.2, 0) is 16.1 Å². The number of aldehydes is 2. The molecule has 0 aliphatic heterocycles. The number of rotatable bonds is 10. The van der Waals surface area contributed by atoms with Gasteiger partial charge in [0.2, 0.25) is 0 Å². The van der Waals surface area contributed by atoms with Crippen LogP contribution in [0.4, 0.5) is 13.2 Å². The van der Waals surface area contributed by atoms with Crippen molar-refractivity contribution in [1.82, 2.24) is 14.9 Å². The summed E-state index contributed by atoms with van der Waals surface area (Å²) in [5.74, 6) is 0.434. The van der Waals surface area contributed by atoms with Crippen molar-refractivity contribution in [1.29, 1.82) is 0 Å². The molecule has 0 bridgehead atoms. The second kappa shape index (κ2) is 17.8. The lowest BCUT2D eigenvalue weighted by molar-refractivity contribution is -0.274. The Morgan fingerprint density at radius 1 is 1.11 bits per heavy atom. The van der Waals surface area contributed by atoms with Crippen LogP contribution in [0.5, 0.6) is 11.5 Å². The van der Waals surface area contributed by atoms with Crippen molar-refractivity contribution >= 4 is 23.9 Å². The minimum atomic E-state index is -4.68. The van der Waals surface area contributed by atoms with Crippen LogP contribution >= 0.6 is 11.3 Å². The third-order valence-corrected chi connectivity index (χ3v) is 5.49. The van der Waals surface area contributed by atoms with Crippen molar-refractivity contribution in [3.63, 3.8) is 0 Å². The molecule has 2 heterocycles. The number of aromatic nitrogens is 2. The number of methoxy groups -OCH3 is 2. The van der Waals surface area contributed by atoms with Crippen molar-refractivity contribution in [2.24, 2.45) is 4.99 Å². The number of ether oxygens (including phenoxy) is 3. The zero-order chi connectivity index (χ0) is 28.4. The third-order valence-electron chi connectivity index (χ3n) is 4.53. The highest BCUT2D eigenvalue weighted by Gasteiger charge is 2.31. The lowest BCUT2D eigenvalue weighted by Crippen LogP contribution is -2.19. The second-order valence-electron chi connectivity index (χ2n) is 7.17. The fraction of sp³-hybridized carbons (Fsp3) is 0.360. The molecule has 0 saturated carbocycles. The van der Waals surface area contributed by atoms with Crippen LogP contribution in [0.15, 0.2) is 53.0 Å². The molecule has 0 amide bonds. The molecule has 0 unspecified atom stereocenters. The van der Waals surface area contributed by atoms with Gasteiger partial charge in [-0.15, -0.1) is 24.5 Å². The highest BCUT2D eigenvalue weighted by Crippen LogP contribution is 2.27. The Morgan fingerprint density at radius 2 is 1.79 bits per heavy atom. The number of carbonyl (C=O) groups excluding carboxylic acids is 2. The van der Waals surface area contributed by atoms with Crippen molar-refractivity contribution in [2.45, 2.75) is 19.3 Å². The monoisotopic (exact) mass is 556 g/mol. The molecule has 1 N–H and O–H groups in total. The molecule has 1 aromatic carbocycles. The van der Waals surface area contributed by atoms with Gasteiger partial charge in [0.25, 0.3) is 0 Å². The molecule has 0 saturated heterocycles. The Hall–Kier alpha value is -3.55. The molecular weight excluding hydrogens is 525 g/mol. The Kier molecular flexibility index (Phi) is 15.2. The number of nitrogens with zero attached hydrogens (tertiary/aromatic N) is 3. The van der Waals surface area contributed by atoms with Gasteiger partial charge in [0.1, 0.15) is 30.1 Å². The van der Waals surface area contributed by atoms with E-state index in [2.05, 4.69) is 29.3 Å². The van der Waals surface area contributed by atoms with Crippen molar-refractivity contribution in [3.8, 4) is 22.8 Å². The quantitative estimate of drug-likeness (QED) is 0.298. The number of thiazole rings is 1. The predicted octanol–water partition coefficient (Wildman–Crippen LogP) is 3.99. The fourth-order valence-corrected chi connectivity index (χ4v) is 3.75. The van der Waals surface area contributed by atoms with E-state index < -0.39 is 6.36 Å². The van der Waals surface area contributed by atoms with Crippen LogP contribution in [0.1, 0.15) is 16.9 Å². The first kappa shape index (κ1) is 32.5. The Bertz CT molecular complexity index is 1150. The molecule has 3 aromatic rings. The minimum Gasteiger partial charge on any atom is -0.495 e. The van der Waals surface area contributed by atoms with E-state index in [4.69, 9.17) is 4.74 Å². The maximum Gasteiger partial charge on any atom is 0.573 e. The van der Waals surface area contributed by atoms with E-state index in [1.54, 1.807) is 38.4 Å². The normalized spacial score (nSPS) is 11.0. The van der Waals surface area contributed by atoms with E-state index in [0.717, 1.165) is 35.6 Å². The van der Waals surface area contributed by atoms with Gasteiger partial charge >= 0.3 is 6.36 Å². The van der Waals surface area contributed by atoms with E-state index in [0.29, 0.717) is 24.0 Å². The van der Waals surface area contributed by atoms with E-state index >= 15 is 0 Å². The third kappa shape index (κ3) is 12.1. The van der Waals surface area contributed by atoms with Crippen molar-refractivity contribution < 1.29 is 37.0 Å². The molecule has 0 spiro atoms. The summed E-state index contributed by atoms with van der Waals surface area (Å²) in [6, 6.07) is 9.18. The summed E-state index contributed by atoms with van der Waals surface area (Å²) in [4.78, 5) is 28.3. The van der Waals surface area contributed by atoms with Crippen LogP contribution < -0.4 is 19.6 Å². The van der Waals surface area contributed by atoms with Gasteiger partial charge in [0, 0.05) is 26.1 Å². The molecule has 0 aliphatic rings. The molecule has 38 heavy (non-hydrogen) atoms. The van der Waals surface area contributed by atoms with E-state index in [1.165, 1.54) is 36.8 Å². The maximum absolute atomic E-state index is 12.2. The fourth-order valence-electron chi connectivity index (χ4n) is 2.84. The van der Waals surface area contributed by atoms with E-state index in [1.807, 2.05) is 12.4 Å². The molecule has 0 aliphatic carbocycles. The summed E-state index contributed by atoms with van der Waals surface area (Å²) < 4.78 is 51.8. The Balaban J connectivity index is 0.000000395. The summed E-state index contributed by atoms with van der Waals surface area (Å²) in [6.07, 6.45) is -0.836. The molecule has 2 aromatic heterocycles. The molecule has 0 atom stereocenters. The van der Waals surface area contributed by atoms with Crippen LogP contribution in [0, 0.1) is 0 Å². The number of hydrogen-bond donors (Lipinski definition) is 1. The summed E-state index contributed by atoms with van der Waals surface area (Å²) in [7, 11) is 6.65. The highest BCUT2D eigenvalue weighted by molar-refractivity contribution is 7.07. The SMILES string of the molecule is CN=c1scc(-c2ccc(OC(F)(F)F)cc2)n1CCCNC.COCC=O.COc1ccc(C=O)nc1. The molecule has 0 radical (unpaired) electrons. The molecule has 208 valence electrons. The summed E-state index contributed by atoms with van der Waals surface area (Å²) in [5.41, 5.74) is 2.18. The lowest BCUT2D eigenvalue weighted by Gasteiger charge is -2.11. The summed E-state index contributed by atoms with van der Waals surface area (Å²) in [5, 5.41) is 5.05. The van der Waals surface area contributed by atoms with Crippen molar-refractivity contribution in [3.05, 3.63) is 58.5 Å². The number of hydrogen-bond acceptors (Lipinski definition) is 9.